The molecule has 0 spiro atoms. The number of thiophene rings is 1. The van der Waals surface area contributed by atoms with E-state index in [0.717, 1.165) is 10.6 Å². The maximum Gasteiger partial charge on any atom is 0.277 e. The van der Waals surface area contributed by atoms with Crippen molar-refractivity contribution >= 4 is 34.5 Å². The molecule has 0 aliphatic rings. The maximum atomic E-state index is 11.9. The smallest absolute Gasteiger partial charge is 0.277 e. The highest BCUT2D eigenvalue weighted by atomic mass is 32.1. The molecule has 18 heavy (non-hydrogen) atoms. The Labute approximate surface area is 111 Å². The highest BCUT2D eigenvalue weighted by Crippen LogP contribution is 2.25. The number of imidazole rings is 1. The minimum Gasteiger partial charge on any atom is -0.331 e. The first-order valence-corrected chi connectivity index (χ1v) is 6.94. The van der Waals surface area contributed by atoms with Crippen molar-refractivity contribution in [2.75, 3.05) is 5.32 Å². The van der Waals surface area contributed by atoms with E-state index in [0.29, 0.717) is 11.6 Å². The second kappa shape index (κ2) is 4.71. The lowest BCUT2D eigenvalue weighted by Crippen LogP contribution is -2.13. The fraction of sp³-hybridized carbons (Fsp3) is 0. The van der Waals surface area contributed by atoms with Crippen LogP contribution in [0.3, 0.4) is 0 Å². The Kier molecular flexibility index (Phi) is 2.91. The van der Waals surface area contributed by atoms with Gasteiger partial charge in [0.05, 0.1) is 0 Å². The van der Waals surface area contributed by atoms with E-state index in [1.165, 1.54) is 11.3 Å². The van der Waals surface area contributed by atoms with Crippen LogP contribution in [0.25, 0.3) is 10.6 Å². The lowest BCUT2D eigenvalue weighted by molar-refractivity contribution is 0.102. The molecule has 0 atom stereocenters. The number of carbonyl (C=O) groups excluding carboxylic acids is 1. The number of hydrogen-bond donors (Lipinski definition) is 2. The molecule has 3 heterocycles. The van der Waals surface area contributed by atoms with Gasteiger partial charge >= 0.3 is 0 Å². The summed E-state index contributed by atoms with van der Waals surface area (Å²) in [5, 5.41) is 9.22. The number of nitrogens with one attached hydrogen (secondary N) is 2. The second-order valence-corrected chi connectivity index (χ2v) is 5.08. The van der Waals surface area contributed by atoms with Crippen LogP contribution in [0.4, 0.5) is 5.95 Å². The number of aromatic amines is 1. The van der Waals surface area contributed by atoms with Crippen LogP contribution < -0.4 is 5.32 Å². The standard InChI is InChI=1S/C11H8N4OS2/c16-9(15-11-12-2-3-13-11)8-6-18-10(14-8)7-1-4-17-5-7/h1-6H,(H2,12,13,15,16). The van der Waals surface area contributed by atoms with E-state index in [1.807, 2.05) is 16.8 Å². The third-order valence-corrected chi connectivity index (χ3v) is 3.81. The summed E-state index contributed by atoms with van der Waals surface area (Å²) in [6, 6.07) is 1.98. The number of H-pyrrole nitrogens is 1. The zero-order valence-corrected chi connectivity index (χ0v) is 10.7. The molecule has 0 aliphatic carbocycles. The van der Waals surface area contributed by atoms with Gasteiger partial charge in [0.1, 0.15) is 10.7 Å². The number of amides is 1. The zero-order chi connectivity index (χ0) is 12.4. The van der Waals surface area contributed by atoms with Crippen molar-refractivity contribution < 1.29 is 4.79 Å². The Hall–Kier alpha value is -1.99. The van der Waals surface area contributed by atoms with E-state index in [4.69, 9.17) is 0 Å². The lowest BCUT2D eigenvalue weighted by atomic mass is 10.3. The largest absolute Gasteiger partial charge is 0.331 e. The summed E-state index contributed by atoms with van der Waals surface area (Å²) < 4.78 is 0. The predicted octanol–water partition coefficient (Wildman–Crippen LogP) is 2.85. The van der Waals surface area contributed by atoms with Gasteiger partial charge in [-0.1, -0.05) is 0 Å². The minimum atomic E-state index is -0.261. The number of hydrogen-bond acceptors (Lipinski definition) is 5. The molecule has 7 heteroatoms. The molecule has 3 aromatic heterocycles. The van der Waals surface area contributed by atoms with E-state index >= 15 is 0 Å². The Morgan fingerprint density at radius 1 is 1.39 bits per heavy atom. The molecule has 2 N–H and O–H groups in total. The molecule has 0 aliphatic heterocycles. The van der Waals surface area contributed by atoms with E-state index in [9.17, 15) is 4.79 Å². The van der Waals surface area contributed by atoms with Gasteiger partial charge in [0.25, 0.3) is 5.91 Å². The molecular weight excluding hydrogens is 268 g/mol. The predicted molar refractivity (Wildman–Crippen MR) is 72.0 cm³/mol. The van der Waals surface area contributed by atoms with Crippen molar-refractivity contribution in [3.63, 3.8) is 0 Å². The average molecular weight is 276 g/mol. The van der Waals surface area contributed by atoms with Crippen LogP contribution in [0.1, 0.15) is 10.5 Å². The summed E-state index contributed by atoms with van der Waals surface area (Å²) in [5.41, 5.74) is 1.44. The summed E-state index contributed by atoms with van der Waals surface area (Å²) in [7, 11) is 0. The summed E-state index contributed by atoms with van der Waals surface area (Å²) in [5.74, 6) is 0.160. The molecule has 0 saturated carbocycles. The van der Waals surface area contributed by atoms with Crippen molar-refractivity contribution in [1.82, 2.24) is 15.0 Å². The van der Waals surface area contributed by atoms with Crippen LogP contribution in [-0.4, -0.2) is 20.9 Å². The SMILES string of the molecule is O=C(Nc1ncc[nH]1)c1csc(-c2ccsc2)n1. The van der Waals surface area contributed by atoms with Crippen LogP contribution in [0, 0.1) is 0 Å². The quantitative estimate of drug-likeness (QED) is 0.772. The molecular formula is C11H8N4OS2. The Morgan fingerprint density at radius 2 is 2.33 bits per heavy atom. The van der Waals surface area contributed by atoms with E-state index in [-0.39, 0.29) is 5.91 Å². The summed E-state index contributed by atoms with van der Waals surface area (Å²) >= 11 is 3.06. The van der Waals surface area contributed by atoms with Gasteiger partial charge in [-0.05, 0) is 11.4 Å². The maximum absolute atomic E-state index is 11.9. The highest BCUT2D eigenvalue weighted by Gasteiger charge is 2.12. The Bertz CT molecular complexity index is 642. The zero-order valence-electron chi connectivity index (χ0n) is 9.08. The normalized spacial score (nSPS) is 10.4. The average Bonchev–Trinajstić information content (AvgIpc) is 3.11. The molecule has 0 bridgehead atoms. The Balaban J connectivity index is 1.79. The van der Waals surface area contributed by atoms with E-state index < -0.39 is 0 Å². The van der Waals surface area contributed by atoms with Crippen LogP contribution in [0.2, 0.25) is 0 Å². The van der Waals surface area contributed by atoms with Crippen molar-refractivity contribution in [3.8, 4) is 10.6 Å². The van der Waals surface area contributed by atoms with Crippen molar-refractivity contribution in [1.29, 1.82) is 0 Å². The van der Waals surface area contributed by atoms with E-state index in [2.05, 4.69) is 20.3 Å². The van der Waals surface area contributed by atoms with Crippen LogP contribution in [0.15, 0.2) is 34.6 Å². The van der Waals surface area contributed by atoms with Gasteiger partial charge in [-0.25, -0.2) is 9.97 Å². The highest BCUT2D eigenvalue weighted by molar-refractivity contribution is 7.14. The first-order valence-electron chi connectivity index (χ1n) is 5.12. The van der Waals surface area contributed by atoms with Crippen LogP contribution in [0.5, 0.6) is 0 Å². The number of anilines is 1. The second-order valence-electron chi connectivity index (χ2n) is 3.44. The first-order chi connectivity index (χ1) is 8.83. The monoisotopic (exact) mass is 276 g/mol. The molecule has 0 radical (unpaired) electrons. The molecule has 0 saturated heterocycles. The molecule has 5 nitrogen and oxygen atoms in total. The Morgan fingerprint density at radius 3 is 3.06 bits per heavy atom. The molecule has 0 fully saturated rings. The molecule has 1 amide bonds. The van der Waals surface area contributed by atoms with Crippen molar-refractivity contribution in [2.45, 2.75) is 0 Å². The topological polar surface area (TPSA) is 70.7 Å². The molecule has 0 unspecified atom stereocenters. The number of thiazole rings is 1. The molecule has 3 aromatic rings. The first kappa shape index (κ1) is 11.1. The molecule has 0 aromatic carbocycles. The van der Waals surface area contributed by atoms with Gasteiger partial charge in [0.2, 0.25) is 5.95 Å². The third-order valence-electron chi connectivity index (χ3n) is 2.24. The van der Waals surface area contributed by atoms with Crippen LogP contribution in [-0.2, 0) is 0 Å². The summed E-state index contributed by atoms with van der Waals surface area (Å²) in [6.45, 7) is 0. The van der Waals surface area contributed by atoms with Crippen molar-refractivity contribution in [2.24, 2.45) is 0 Å². The van der Waals surface area contributed by atoms with Gasteiger partial charge in [-0.15, -0.1) is 11.3 Å². The molecule has 90 valence electrons. The van der Waals surface area contributed by atoms with Crippen LogP contribution >= 0.6 is 22.7 Å². The van der Waals surface area contributed by atoms with Gasteiger partial charge < -0.3 is 4.98 Å². The number of carbonyl (C=O) groups is 1. The fourth-order valence-electron chi connectivity index (χ4n) is 1.40. The summed E-state index contributed by atoms with van der Waals surface area (Å²) in [4.78, 5) is 22.9. The molecule has 3 rings (SSSR count). The number of aromatic nitrogens is 3. The van der Waals surface area contributed by atoms with Gasteiger partial charge in [0.15, 0.2) is 0 Å². The fourth-order valence-corrected chi connectivity index (χ4v) is 2.91. The van der Waals surface area contributed by atoms with Gasteiger partial charge in [-0.2, -0.15) is 11.3 Å². The van der Waals surface area contributed by atoms with Gasteiger partial charge in [-0.3, -0.25) is 10.1 Å². The third kappa shape index (κ3) is 2.18. The number of nitrogens with zero attached hydrogens (tertiary/aromatic N) is 2. The number of rotatable bonds is 3. The van der Waals surface area contributed by atoms with Crippen molar-refractivity contribution in [3.05, 3.63) is 40.3 Å². The summed E-state index contributed by atoms with van der Waals surface area (Å²) in [6.07, 6.45) is 3.22. The minimum absolute atomic E-state index is 0.261. The van der Waals surface area contributed by atoms with Gasteiger partial charge in [0, 0.05) is 28.7 Å². The van der Waals surface area contributed by atoms with E-state index in [1.54, 1.807) is 29.1 Å². The lowest BCUT2D eigenvalue weighted by Gasteiger charge is -1.97.